The van der Waals surface area contributed by atoms with Crippen molar-refractivity contribution in [1.29, 1.82) is 0 Å². The van der Waals surface area contributed by atoms with Crippen LogP contribution in [-0.2, 0) is 5.41 Å². The molecule has 0 bridgehead atoms. The van der Waals surface area contributed by atoms with Crippen molar-refractivity contribution in [3.05, 3.63) is 47.0 Å². The van der Waals surface area contributed by atoms with Crippen LogP contribution in [0.3, 0.4) is 0 Å². The summed E-state index contributed by atoms with van der Waals surface area (Å²) in [5.74, 6) is 0.967. The van der Waals surface area contributed by atoms with Crippen molar-refractivity contribution in [2.24, 2.45) is 0 Å². The molecule has 98 valence electrons. The zero-order valence-electron chi connectivity index (χ0n) is 11.0. The van der Waals surface area contributed by atoms with Crippen molar-refractivity contribution >= 4 is 17.3 Å². The zero-order chi connectivity index (χ0) is 13.6. The third-order valence-corrected chi connectivity index (χ3v) is 3.86. The van der Waals surface area contributed by atoms with Crippen LogP contribution in [0.5, 0.6) is 5.75 Å². The Hall–Kier alpha value is -1.67. The lowest BCUT2D eigenvalue weighted by atomic mass is 9.85. The van der Waals surface area contributed by atoms with Gasteiger partial charge in [-0.3, -0.25) is 0 Å². The summed E-state index contributed by atoms with van der Waals surface area (Å²) in [6.45, 7) is 5.09. The lowest BCUT2D eigenvalue weighted by Crippen LogP contribution is -2.18. The number of ether oxygens (including phenoxy) is 1. The van der Waals surface area contributed by atoms with E-state index in [-0.39, 0.29) is 5.41 Å². The van der Waals surface area contributed by atoms with Crippen molar-refractivity contribution in [2.45, 2.75) is 19.3 Å². The number of nitrogens with two attached hydrogens (primary N) is 1. The normalized spacial score (nSPS) is 15.9. The van der Waals surface area contributed by atoms with Gasteiger partial charge in [0, 0.05) is 27.3 Å². The predicted molar refractivity (Wildman–Crippen MR) is 79.8 cm³/mol. The van der Waals surface area contributed by atoms with Gasteiger partial charge in [-0.15, -0.1) is 0 Å². The van der Waals surface area contributed by atoms with Gasteiger partial charge in [0.1, 0.15) is 5.75 Å². The summed E-state index contributed by atoms with van der Waals surface area (Å²) in [5.41, 5.74) is 10.1. The van der Waals surface area contributed by atoms with E-state index in [2.05, 4.69) is 19.9 Å². The highest BCUT2D eigenvalue weighted by molar-refractivity contribution is 6.31. The Kier molecular flexibility index (Phi) is 2.72. The number of rotatable bonds is 1. The van der Waals surface area contributed by atoms with Crippen LogP contribution in [0.15, 0.2) is 36.4 Å². The fourth-order valence-electron chi connectivity index (χ4n) is 2.47. The molecule has 0 fully saturated rings. The molecule has 3 heteroatoms. The van der Waals surface area contributed by atoms with Crippen molar-refractivity contribution in [2.75, 3.05) is 12.3 Å². The molecule has 0 amide bonds. The van der Waals surface area contributed by atoms with Crippen LogP contribution < -0.4 is 10.5 Å². The van der Waals surface area contributed by atoms with E-state index >= 15 is 0 Å². The molecular formula is C16H16ClNO. The average Bonchev–Trinajstić information content (AvgIpc) is 2.68. The van der Waals surface area contributed by atoms with Gasteiger partial charge in [0.05, 0.1) is 6.61 Å². The molecule has 0 saturated carbocycles. The first-order valence-electron chi connectivity index (χ1n) is 6.30. The first-order valence-corrected chi connectivity index (χ1v) is 6.68. The lowest BCUT2D eigenvalue weighted by molar-refractivity contribution is 0.291. The molecule has 3 rings (SSSR count). The number of nitrogen functional groups attached to an aromatic ring is 1. The quantitative estimate of drug-likeness (QED) is 0.788. The number of fused-ring (bicyclic) bond motifs is 1. The van der Waals surface area contributed by atoms with Gasteiger partial charge in [-0.05, 0) is 35.9 Å². The minimum Gasteiger partial charge on any atom is -0.492 e. The number of anilines is 1. The molecule has 1 heterocycles. The third kappa shape index (κ3) is 2.06. The standard InChI is InChI=1S/C16H16ClNO/c1-16(2)9-19-15-6-3-10(7-13(15)16)12-8-11(17)4-5-14(12)18/h3-8H,9,18H2,1-2H3. The average molecular weight is 274 g/mol. The highest BCUT2D eigenvalue weighted by atomic mass is 35.5. The van der Waals surface area contributed by atoms with Crippen LogP contribution in [0.4, 0.5) is 5.69 Å². The first kappa shape index (κ1) is 12.4. The molecule has 2 aromatic rings. The summed E-state index contributed by atoms with van der Waals surface area (Å²) in [4.78, 5) is 0. The Labute approximate surface area is 118 Å². The maximum atomic E-state index is 6.06. The first-order chi connectivity index (χ1) is 8.97. The number of benzene rings is 2. The van der Waals surface area contributed by atoms with E-state index in [0.717, 1.165) is 29.2 Å². The Balaban J connectivity index is 2.15. The van der Waals surface area contributed by atoms with Gasteiger partial charge < -0.3 is 10.5 Å². The maximum Gasteiger partial charge on any atom is 0.123 e. The summed E-state index contributed by atoms with van der Waals surface area (Å²) < 4.78 is 5.70. The van der Waals surface area contributed by atoms with E-state index < -0.39 is 0 Å². The molecule has 0 saturated heterocycles. The molecule has 0 aromatic heterocycles. The number of halogens is 1. The van der Waals surface area contributed by atoms with E-state index in [9.17, 15) is 0 Å². The number of hydrogen-bond donors (Lipinski definition) is 1. The molecule has 19 heavy (non-hydrogen) atoms. The SMILES string of the molecule is CC1(C)COc2ccc(-c3cc(Cl)ccc3N)cc21. The van der Waals surface area contributed by atoms with Crippen LogP contribution in [0.25, 0.3) is 11.1 Å². The molecule has 0 radical (unpaired) electrons. The highest BCUT2D eigenvalue weighted by Crippen LogP contribution is 2.41. The number of hydrogen-bond acceptors (Lipinski definition) is 2. The summed E-state index contributed by atoms with van der Waals surface area (Å²) in [6.07, 6.45) is 0. The van der Waals surface area contributed by atoms with E-state index in [1.165, 1.54) is 5.56 Å². The molecule has 0 spiro atoms. The van der Waals surface area contributed by atoms with Crippen LogP contribution in [0.1, 0.15) is 19.4 Å². The smallest absolute Gasteiger partial charge is 0.123 e. The van der Waals surface area contributed by atoms with Crippen LogP contribution in [0.2, 0.25) is 5.02 Å². The fourth-order valence-corrected chi connectivity index (χ4v) is 2.64. The Morgan fingerprint density at radius 3 is 2.74 bits per heavy atom. The minimum absolute atomic E-state index is 0.0404. The molecule has 2 aromatic carbocycles. The van der Waals surface area contributed by atoms with Crippen molar-refractivity contribution < 1.29 is 4.74 Å². The van der Waals surface area contributed by atoms with Gasteiger partial charge in [0.2, 0.25) is 0 Å². The Morgan fingerprint density at radius 1 is 1.16 bits per heavy atom. The minimum atomic E-state index is 0.0404. The molecule has 0 unspecified atom stereocenters. The molecule has 0 aliphatic carbocycles. The van der Waals surface area contributed by atoms with Crippen LogP contribution in [0, 0.1) is 0 Å². The van der Waals surface area contributed by atoms with E-state index in [0.29, 0.717) is 5.02 Å². The topological polar surface area (TPSA) is 35.2 Å². The Morgan fingerprint density at radius 2 is 1.95 bits per heavy atom. The van der Waals surface area contributed by atoms with E-state index in [1.54, 1.807) is 6.07 Å². The molecule has 1 aliphatic heterocycles. The molecule has 2 N–H and O–H groups in total. The molecule has 1 aliphatic rings. The van der Waals surface area contributed by atoms with Gasteiger partial charge >= 0.3 is 0 Å². The summed E-state index contributed by atoms with van der Waals surface area (Å²) in [6, 6.07) is 11.8. The maximum absolute atomic E-state index is 6.06. The monoisotopic (exact) mass is 273 g/mol. The van der Waals surface area contributed by atoms with Gasteiger partial charge in [0.25, 0.3) is 0 Å². The lowest BCUT2D eigenvalue weighted by Gasteiger charge is -2.16. The molecule has 2 nitrogen and oxygen atoms in total. The second kappa shape index (κ2) is 4.17. The molecule has 0 atom stereocenters. The second-order valence-corrected chi connectivity index (χ2v) is 6.05. The second-order valence-electron chi connectivity index (χ2n) is 5.62. The van der Waals surface area contributed by atoms with Crippen LogP contribution >= 0.6 is 11.6 Å². The zero-order valence-corrected chi connectivity index (χ0v) is 11.8. The van der Waals surface area contributed by atoms with Gasteiger partial charge in [-0.1, -0.05) is 31.5 Å². The predicted octanol–water partition coefficient (Wildman–Crippen LogP) is 4.26. The van der Waals surface area contributed by atoms with Crippen LogP contribution in [-0.4, -0.2) is 6.61 Å². The van der Waals surface area contributed by atoms with Gasteiger partial charge in [-0.25, -0.2) is 0 Å². The summed E-state index contributed by atoms with van der Waals surface area (Å²) in [5, 5.41) is 0.695. The largest absolute Gasteiger partial charge is 0.492 e. The van der Waals surface area contributed by atoms with E-state index in [4.69, 9.17) is 22.1 Å². The van der Waals surface area contributed by atoms with Crippen molar-refractivity contribution in [3.63, 3.8) is 0 Å². The van der Waals surface area contributed by atoms with Gasteiger partial charge in [-0.2, -0.15) is 0 Å². The van der Waals surface area contributed by atoms with Crippen molar-refractivity contribution in [3.8, 4) is 16.9 Å². The fraction of sp³-hybridized carbons (Fsp3) is 0.250. The third-order valence-electron chi connectivity index (χ3n) is 3.62. The Bertz CT molecular complexity index is 649. The van der Waals surface area contributed by atoms with Gasteiger partial charge in [0.15, 0.2) is 0 Å². The molecular weight excluding hydrogens is 258 g/mol. The summed E-state index contributed by atoms with van der Waals surface area (Å²) >= 11 is 6.06. The summed E-state index contributed by atoms with van der Waals surface area (Å²) in [7, 11) is 0. The van der Waals surface area contributed by atoms with Crippen molar-refractivity contribution in [1.82, 2.24) is 0 Å². The highest BCUT2D eigenvalue weighted by Gasteiger charge is 2.31. The van der Waals surface area contributed by atoms with E-state index in [1.807, 2.05) is 24.3 Å².